The molecule has 0 saturated heterocycles. The third-order valence-electron chi connectivity index (χ3n) is 12.2. The standard InChI is InChI=1S/C56H48BNO/c1-35-25-36(2)28-43(27-35)41-21-23-48-50(31-41)58(55-46(39-15-10-8-11-16-39)19-14-20-47(55)40-17-12-9-13-18-40)51-33-45(56(5,6)7)34-53-54(51)57(48)49-24-22-42(32-52(49)59-53)44-29-37(3)26-38(4)30-44/h8-34H,1-7H3. The summed E-state index contributed by atoms with van der Waals surface area (Å²) in [5.41, 5.74) is 22.8. The second kappa shape index (κ2) is 14.1. The van der Waals surface area contributed by atoms with Crippen LogP contribution < -0.4 is 26.0 Å². The van der Waals surface area contributed by atoms with Crippen LogP contribution in [-0.2, 0) is 5.41 Å². The van der Waals surface area contributed by atoms with Gasteiger partial charge in [0.25, 0.3) is 6.71 Å². The molecule has 8 aromatic carbocycles. The van der Waals surface area contributed by atoms with Crippen LogP contribution in [0.3, 0.4) is 0 Å². The SMILES string of the molecule is Cc1cc(C)cc(-c2ccc3c(c2)Oc2cc(C(C)(C)C)cc4c2B3c2ccc(-c3cc(C)cc(C)c3)cc2N4c2c(-c3ccccc3)cccc2-c2ccccc2)c1. The summed E-state index contributed by atoms with van der Waals surface area (Å²) < 4.78 is 7.20. The Morgan fingerprint density at radius 3 is 1.49 bits per heavy atom. The smallest absolute Gasteiger partial charge is 0.256 e. The Labute approximate surface area is 349 Å². The summed E-state index contributed by atoms with van der Waals surface area (Å²) in [5.74, 6) is 1.85. The molecule has 10 rings (SSSR count). The molecule has 0 unspecified atom stereocenters. The van der Waals surface area contributed by atoms with Gasteiger partial charge in [-0.3, -0.25) is 0 Å². The fourth-order valence-corrected chi connectivity index (χ4v) is 9.54. The zero-order valence-corrected chi connectivity index (χ0v) is 35.0. The highest BCUT2D eigenvalue weighted by atomic mass is 16.5. The van der Waals surface area contributed by atoms with E-state index in [1.54, 1.807) is 0 Å². The molecule has 0 aromatic heterocycles. The first kappa shape index (κ1) is 36.7. The predicted molar refractivity (Wildman–Crippen MR) is 252 cm³/mol. The summed E-state index contributed by atoms with van der Waals surface area (Å²) in [6, 6.07) is 61.0. The van der Waals surface area contributed by atoms with Crippen molar-refractivity contribution >= 4 is 40.2 Å². The molecule has 2 heterocycles. The van der Waals surface area contributed by atoms with Gasteiger partial charge < -0.3 is 9.64 Å². The maximum Gasteiger partial charge on any atom is 0.256 e. The molecular formula is C56H48BNO. The van der Waals surface area contributed by atoms with Crippen molar-refractivity contribution in [1.29, 1.82) is 0 Å². The number of nitrogens with zero attached hydrogens (tertiary/aromatic N) is 1. The molecule has 0 spiro atoms. The minimum atomic E-state index is -0.139. The molecule has 3 heteroatoms. The average molecular weight is 762 g/mol. The van der Waals surface area contributed by atoms with Gasteiger partial charge in [-0.05, 0) is 113 Å². The molecular weight excluding hydrogens is 713 g/mol. The van der Waals surface area contributed by atoms with Gasteiger partial charge in [0.2, 0.25) is 0 Å². The first-order valence-corrected chi connectivity index (χ1v) is 20.9. The van der Waals surface area contributed by atoms with E-state index in [1.807, 2.05) is 0 Å². The third kappa shape index (κ3) is 6.46. The minimum Gasteiger partial charge on any atom is -0.458 e. The van der Waals surface area contributed by atoms with E-state index in [-0.39, 0.29) is 12.1 Å². The second-order valence-electron chi connectivity index (χ2n) is 17.7. The van der Waals surface area contributed by atoms with E-state index in [0.29, 0.717) is 0 Å². The second-order valence-corrected chi connectivity index (χ2v) is 17.7. The van der Waals surface area contributed by atoms with Crippen LogP contribution in [0.4, 0.5) is 17.1 Å². The lowest BCUT2D eigenvalue weighted by molar-refractivity contribution is 0.483. The zero-order valence-electron chi connectivity index (χ0n) is 35.0. The molecule has 2 aliphatic rings. The van der Waals surface area contributed by atoms with E-state index in [4.69, 9.17) is 4.74 Å². The Morgan fingerprint density at radius 1 is 0.424 bits per heavy atom. The minimum absolute atomic E-state index is 0.0327. The zero-order chi connectivity index (χ0) is 40.6. The van der Waals surface area contributed by atoms with Gasteiger partial charge in [-0.2, -0.15) is 0 Å². The Balaban J connectivity index is 1.31. The van der Waals surface area contributed by atoms with Crippen molar-refractivity contribution in [3.05, 3.63) is 192 Å². The highest BCUT2D eigenvalue weighted by molar-refractivity contribution is 6.99. The van der Waals surface area contributed by atoms with Crippen molar-refractivity contribution in [2.45, 2.75) is 53.9 Å². The van der Waals surface area contributed by atoms with Crippen LogP contribution in [0.15, 0.2) is 164 Å². The van der Waals surface area contributed by atoms with Gasteiger partial charge in [0.05, 0.1) is 5.69 Å². The van der Waals surface area contributed by atoms with E-state index < -0.39 is 0 Å². The Hall–Kier alpha value is -6.58. The number of rotatable bonds is 5. The van der Waals surface area contributed by atoms with Crippen molar-refractivity contribution < 1.29 is 4.74 Å². The van der Waals surface area contributed by atoms with Crippen molar-refractivity contribution in [1.82, 2.24) is 0 Å². The quantitative estimate of drug-likeness (QED) is 0.162. The van der Waals surface area contributed by atoms with Gasteiger partial charge in [0.1, 0.15) is 11.5 Å². The summed E-state index contributed by atoms with van der Waals surface area (Å²) in [4.78, 5) is 2.58. The number of aryl methyl sites for hydroxylation is 4. The monoisotopic (exact) mass is 761 g/mol. The van der Waals surface area contributed by atoms with Crippen molar-refractivity contribution in [2.75, 3.05) is 4.90 Å². The molecule has 2 nitrogen and oxygen atoms in total. The fourth-order valence-electron chi connectivity index (χ4n) is 9.54. The normalized spacial score (nSPS) is 12.7. The van der Waals surface area contributed by atoms with Crippen LogP contribution >= 0.6 is 0 Å². The van der Waals surface area contributed by atoms with Crippen LogP contribution in [0.2, 0.25) is 0 Å². The lowest BCUT2D eigenvalue weighted by Crippen LogP contribution is -2.59. The van der Waals surface area contributed by atoms with Crippen molar-refractivity contribution in [3.63, 3.8) is 0 Å². The van der Waals surface area contributed by atoms with Gasteiger partial charge in [-0.25, -0.2) is 0 Å². The fraction of sp³-hybridized carbons (Fsp3) is 0.143. The van der Waals surface area contributed by atoms with E-state index in [0.717, 1.165) is 22.9 Å². The maximum atomic E-state index is 7.20. The van der Waals surface area contributed by atoms with Crippen molar-refractivity contribution in [2.24, 2.45) is 0 Å². The first-order valence-electron chi connectivity index (χ1n) is 20.9. The number of anilines is 3. The highest BCUT2D eigenvalue weighted by Gasteiger charge is 2.43. The van der Waals surface area contributed by atoms with E-state index >= 15 is 0 Å². The third-order valence-corrected chi connectivity index (χ3v) is 12.2. The summed E-state index contributed by atoms with van der Waals surface area (Å²) >= 11 is 0. The summed E-state index contributed by atoms with van der Waals surface area (Å²) in [6.07, 6.45) is 0. The number of ether oxygens (including phenoxy) is 1. The summed E-state index contributed by atoms with van der Waals surface area (Å²) in [7, 11) is 0. The van der Waals surface area contributed by atoms with Gasteiger partial charge >= 0.3 is 0 Å². The molecule has 0 fully saturated rings. The number of benzene rings is 8. The Morgan fingerprint density at radius 2 is 0.949 bits per heavy atom. The molecule has 0 bridgehead atoms. The molecule has 59 heavy (non-hydrogen) atoms. The molecule has 0 atom stereocenters. The molecule has 8 aromatic rings. The molecule has 0 saturated carbocycles. The van der Waals surface area contributed by atoms with E-state index in [2.05, 4.69) is 217 Å². The van der Waals surface area contributed by atoms with Crippen LogP contribution in [0.5, 0.6) is 11.5 Å². The van der Waals surface area contributed by atoms with Gasteiger partial charge in [-0.15, -0.1) is 0 Å². The van der Waals surface area contributed by atoms with Gasteiger partial charge in [0.15, 0.2) is 0 Å². The number of hydrogen-bond donors (Lipinski definition) is 0. The van der Waals surface area contributed by atoms with Crippen LogP contribution in [0, 0.1) is 27.7 Å². The lowest BCUT2D eigenvalue weighted by atomic mass is 9.34. The van der Waals surface area contributed by atoms with Crippen LogP contribution in [-0.4, -0.2) is 6.71 Å². The average Bonchev–Trinajstić information content (AvgIpc) is 3.22. The first-order chi connectivity index (χ1) is 28.5. The molecule has 0 N–H and O–H groups in total. The maximum absolute atomic E-state index is 7.20. The molecule has 2 aliphatic heterocycles. The topological polar surface area (TPSA) is 12.5 Å². The van der Waals surface area contributed by atoms with Gasteiger partial charge in [-0.1, -0.05) is 183 Å². The number of fused-ring (bicyclic) bond motifs is 4. The predicted octanol–water partition coefficient (Wildman–Crippen LogP) is 13.3. The molecule has 286 valence electrons. The number of hydrogen-bond acceptors (Lipinski definition) is 2. The molecule has 0 amide bonds. The van der Waals surface area contributed by atoms with E-state index in [9.17, 15) is 0 Å². The summed E-state index contributed by atoms with van der Waals surface area (Å²) in [6.45, 7) is 15.6. The van der Waals surface area contributed by atoms with Crippen LogP contribution in [0.25, 0.3) is 44.5 Å². The van der Waals surface area contributed by atoms with Crippen LogP contribution in [0.1, 0.15) is 48.6 Å². The highest BCUT2D eigenvalue weighted by Crippen LogP contribution is 2.50. The Kier molecular flexibility index (Phi) is 8.76. The number of para-hydroxylation sites is 1. The summed E-state index contributed by atoms with van der Waals surface area (Å²) in [5, 5.41) is 0. The largest absolute Gasteiger partial charge is 0.458 e. The van der Waals surface area contributed by atoms with Crippen molar-refractivity contribution in [3.8, 4) is 56.0 Å². The van der Waals surface area contributed by atoms with Gasteiger partial charge in [0, 0.05) is 22.5 Å². The lowest BCUT2D eigenvalue weighted by Gasteiger charge is -2.42. The Bertz CT molecular complexity index is 2840. The molecule has 0 aliphatic carbocycles. The van der Waals surface area contributed by atoms with E-state index in [1.165, 1.54) is 94.4 Å². The molecule has 0 radical (unpaired) electrons.